The Labute approximate surface area is 132 Å². The fourth-order valence-electron chi connectivity index (χ4n) is 3.04. The molecule has 112 valence electrons. The second kappa shape index (κ2) is 7.19. The van der Waals surface area contributed by atoms with Crippen LogP contribution >= 0.6 is 0 Å². The number of hydrogen-bond acceptors (Lipinski definition) is 2. The summed E-state index contributed by atoms with van der Waals surface area (Å²) in [6.45, 7) is 1.22. The van der Waals surface area contributed by atoms with E-state index in [4.69, 9.17) is 0 Å². The van der Waals surface area contributed by atoms with E-state index < -0.39 is 0 Å². The predicted molar refractivity (Wildman–Crippen MR) is 92.8 cm³/mol. The van der Waals surface area contributed by atoms with Gasteiger partial charge in [0.15, 0.2) is 0 Å². The summed E-state index contributed by atoms with van der Waals surface area (Å²) in [4.78, 5) is 6.54. The van der Waals surface area contributed by atoms with E-state index in [-0.39, 0.29) is 0 Å². The van der Waals surface area contributed by atoms with Gasteiger partial charge >= 0.3 is 0 Å². The molecule has 2 heterocycles. The topological polar surface area (TPSA) is 16.1 Å². The van der Waals surface area contributed by atoms with Gasteiger partial charge in [-0.05, 0) is 48.8 Å². The molecule has 1 aliphatic heterocycles. The molecule has 0 N–H and O–H groups in total. The van der Waals surface area contributed by atoms with Crippen molar-refractivity contribution in [2.24, 2.45) is 0 Å². The number of aromatic nitrogens is 1. The standard InChI is InChI=1S/C10H14N2.C10H8/c1-12-7-3-5-10(12)9-4-2-6-11-8-9;1-2-6-10-8-4-3-7-9(10)5-1/h2,4,6,8,10H,3,5,7H2,1H3;1-8H. The van der Waals surface area contributed by atoms with Gasteiger partial charge in [0, 0.05) is 18.4 Å². The van der Waals surface area contributed by atoms with Crippen LogP contribution in [-0.2, 0) is 0 Å². The van der Waals surface area contributed by atoms with Crippen LogP contribution in [0.4, 0.5) is 0 Å². The molecule has 1 aliphatic rings. The lowest BCUT2D eigenvalue weighted by Gasteiger charge is -2.18. The van der Waals surface area contributed by atoms with Gasteiger partial charge in [-0.3, -0.25) is 9.88 Å². The van der Waals surface area contributed by atoms with Crippen molar-refractivity contribution in [3.63, 3.8) is 0 Å². The Kier molecular flexibility index (Phi) is 4.81. The molecule has 0 saturated carbocycles. The van der Waals surface area contributed by atoms with E-state index in [1.165, 1.54) is 35.7 Å². The van der Waals surface area contributed by atoms with E-state index in [0.717, 1.165) is 0 Å². The predicted octanol–water partition coefficient (Wildman–Crippen LogP) is 4.69. The molecule has 1 saturated heterocycles. The number of rotatable bonds is 1. The first-order valence-electron chi connectivity index (χ1n) is 7.88. The van der Waals surface area contributed by atoms with Crippen LogP contribution in [0.25, 0.3) is 10.8 Å². The van der Waals surface area contributed by atoms with Crippen LogP contribution in [0.1, 0.15) is 24.4 Å². The van der Waals surface area contributed by atoms with Crippen molar-refractivity contribution >= 4 is 10.8 Å². The molecule has 1 aromatic heterocycles. The minimum Gasteiger partial charge on any atom is -0.299 e. The Morgan fingerprint density at radius 2 is 1.55 bits per heavy atom. The summed E-state index contributed by atoms with van der Waals surface area (Å²) in [7, 11) is 2.19. The van der Waals surface area contributed by atoms with Gasteiger partial charge in [-0.2, -0.15) is 0 Å². The lowest BCUT2D eigenvalue weighted by Crippen LogP contribution is -2.17. The SMILES string of the molecule is CN1CCCC1c1cccnc1.c1ccc2ccccc2c1. The van der Waals surface area contributed by atoms with Crippen molar-refractivity contribution in [3.8, 4) is 0 Å². The van der Waals surface area contributed by atoms with E-state index in [1.54, 1.807) is 0 Å². The average molecular weight is 290 g/mol. The highest BCUT2D eigenvalue weighted by Crippen LogP contribution is 2.29. The first-order chi connectivity index (χ1) is 10.8. The van der Waals surface area contributed by atoms with Crippen LogP contribution in [-0.4, -0.2) is 23.5 Å². The molecule has 22 heavy (non-hydrogen) atoms. The molecule has 3 aromatic rings. The van der Waals surface area contributed by atoms with Crippen molar-refractivity contribution in [3.05, 3.63) is 78.6 Å². The van der Waals surface area contributed by atoms with Crippen LogP contribution < -0.4 is 0 Å². The maximum Gasteiger partial charge on any atom is 0.0360 e. The third-order valence-electron chi connectivity index (χ3n) is 4.25. The summed E-state index contributed by atoms with van der Waals surface area (Å²) in [5.74, 6) is 0. The summed E-state index contributed by atoms with van der Waals surface area (Å²) in [5, 5.41) is 2.62. The summed E-state index contributed by atoms with van der Waals surface area (Å²) in [5.41, 5.74) is 1.36. The number of benzene rings is 2. The third-order valence-corrected chi connectivity index (χ3v) is 4.25. The van der Waals surface area contributed by atoms with Crippen LogP contribution in [0.3, 0.4) is 0 Å². The maximum absolute atomic E-state index is 4.14. The number of nitrogens with zero attached hydrogens (tertiary/aromatic N) is 2. The summed E-state index contributed by atoms with van der Waals surface area (Å²) < 4.78 is 0. The molecule has 0 aliphatic carbocycles. The van der Waals surface area contributed by atoms with Crippen molar-refractivity contribution in [1.82, 2.24) is 9.88 Å². The normalized spacial score (nSPS) is 18.0. The highest BCUT2D eigenvalue weighted by Gasteiger charge is 2.21. The molecule has 0 spiro atoms. The van der Waals surface area contributed by atoms with Gasteiger partial charge in [-0.1, -0.05) is 54.6 Å². The Morgan fingerprint density at radius 3 is 2.00 bits per heavy atom. The van der Waals surface area contributed by atoms with Crippen molar-refractivity contribution in [2.45, 2.75) is 18.9 Å². The monoisotopic (exact) mass is 290 g/mol. The van der Waals surface area contributed by atoms with E-state index in [2.05, 4.69) is 71.5 Å². The molecule has 1 fully saturated rings. The fourth-order valence-corrected chi connectivity index (χ4v) is 3.04. The first-order valence-corrected chi connectivity index (χ1v) is 7.88. The number of pyridine rings is 1. The highest BCUT2D eigenvalue weighted by atomic mass is 15.1. The molecule has 2 heteroatoms. The second-order valence-corrected chi connectivity index (χ2v) is 5.77. The minimum absolute atomic E-state index is 0.610. The average Bonchev–Trinajstić information content (AvgIpc) is 3.02. The van der Waals surface area contributed by atoms with Gasteiger partial charge in [0.1, 0.15) is 0 Å². The first kappa shape index (κ1) is 14.7. The molecule has 1 unspecified atom stereocenters. The zero-order valence-corrected chi connectivity index (χ0v) is 13.0. The maximum atomic E-state index is 4.14. The quantitative estimate of drug-likeness (QED) is 0.646. The summed E-state index contributed by atoms with van der Waals surface area (Å²) in [6, 6.07) is 21.5. The Balaban J connectivity index is 0.000000133. The number of fused-ring (bicyclic) bond motifs is 1. The van der Waals surface area contributed by atoms with Gasteiger partial charge in [0.25, 0.3) is 0 Å². The molecule has 0 radical (unpaired) electrons. The molecule has 0 amide bonds. The summed E-state index contributed by atoms with van der Waals surface area (Å²) >= 11 is 0. The van der Waals surface area contributed by atoms with Gasteiger partial charge in [-0.25, -0.2) is 0 Å². The minimum atomic E-state index is 0.610. The van der Waals surface area contributed by atoms with E-state index in [0.29, 0.717) is 6.04 Å². The zero-order chi connectivity index (χ0) is 15.2. The molecule has 1 atom stereocenters. The number of hydrogen-bond donors (Lipinski definition) is 0. The van der Waals surface area contributed by atoms with E-state index >= 15 is 0 Å². The molecular formula is C20H22N2. The third kappa shape index (κ3) is 3.52. The largest absolute Gasteiger partial charge is 0.299 e. The van der Waals surface area contributed by atoms with Crippen LogP contribution in [0.15, 0.2) is 73.1 Å². The number of likely N-dealkylation sites (tertiary alicyclic amines) is 1. The summed E-state index contributed by atoms with van der Waals surface area (Å²) in [6.07, 6.45) is 6.41. The molecule has 2 nitrogen and oxygen atoms in total. The van der Waals surface area contributed by atoms with Crippen LogP contribution in [0.2, 0.25) is 0 Å². The van der Waals surface area contributed by atoms with Gasteiger partial charge < -0.3 is 0 Å². The smallest absolute Gasteiger partial charge is 0.0360 e. The highest BCUT2D eigenvalue weighted by molar-refractivity contribution is 5.81. The van der Waals surface area contributed by atoms with Gasteiger partial charge in [-0.15, -0.1) is 0 Å². The second-order valence-electron chi connectivity index (χ2n) is 5.77. The fraction of sp³-hybridized carbons (Fsp3) is 0.250. The lowest BCUT2D eigenvalue weighted by atomic mass is 10.1. The van der Waals surface area contributed by atoms with Gasteiger partial charge in [0.2, 0.25) is 0 Å². The zero-order valence-electron chi connectivity index (χ0n) is 13.0. The van der Waals surface area contributed by atoms with Crippen LogP contribution in [0.5, 0.6) is 0 Å². The Bertz CT molecular complexity index is 643. The van der Waals surface area contributed by atoms with Gasteiger partial charge in [0.05, 0.1) is 0 Å². The van der Waals surface area contributed by atoms with Crippen molar-refractivity contribution < 1.29 is 0 Å². The molecular weight excluding hydrogens is 268 g/mol. The molecule has 2 aromatic carbocycles. The Hall–Kier alpha value is -2.19. The van der Waals surface area contributed by atoms with Crippen molar-refractivity contribution in [2.75, 3.05) is 13.6 Å². The van der Waals surface area contributed by atoms with Crippen molar-refractivity contribution in [1.29, 1.82) is 0 Å². The van der Waals surface area contributed by atoms with E-state index in [1.807, 2.05) is 18.5 Å². The molecule has 4 rings (SSSR count). The molecule has 0 bridgehead atoms. The van der Waals surface area contributed by atoms with E-state index in [9.17, 15) is 0 Å². The lowest BCUT2D eigenvalue weighted by molar-refractivity contribution is 0.317. The van der Waals surface area contributed by atoms with Crippen LogP contribution in [0, 0.1) is 0 Å². The Morgan fingerprint density at radius 1 is 0.909 bits per heavy atom.